The van der Waals surface area contributed by atoms with Gasteiger partial charge >= 0.3 is 0 Å². The Morgan fingerprint density at radius 3 is 2.73 bits per heavy atom. The molecule has 3 aliphatic rings. The molecule has 1 aliphatic carbocycles. The largest absolute Gasteiger partial charge is 0.322 e. The number of benzene rings is 2. The molecular weight excluding hydrogens is 472 g/mol. The molecule has 0 spiro atoms. The van der Waals surface area contributed by atoms with Crippen molar-refractivity contribution in [2.75, 3.05) is 11.9 Å². The lowest BCUT2D eigenvalue weighted by Crippen LogP contribution is -2.52. The van der Waals surface area contributed by atoms with Crippen molar-refractivity contribution < 1.29 is 19.2 Å². The summed E-state index contributed by atoms with van der Waals surface area (Å²) < 4.78 is 1.51. The van der Waals surface area contributed by atoms with E-state index in [1.165, 1.54) is 27.1 Å². The van der Waals surface area contributed by atoms with Crippen molar-refractivity contribution in [1.82, 2.24) is 25.2 Å². The van der Waals surface area contributed by atoms with Gasteiger partial charge in [-0.1, -0.05) is 17.3 Å². The van der Waals surface area contributed by atoms with Crippen LogP contribution in [0.2, 0.25) is 0 Å². The summed E-state index contributed by atoms with van der Waals surface area (Å²) in [6.07, 6.45) is 6.37. The predicted octanol–water partition coefficient (Wildman–Crippen LogP) is 2.18. The topological polar surface area (TPSA) is 118 Å². The van der Waals surface area contributed by atoms with Gasteiger partial charge in [-0.15, -0.1) is 5.10 Å². The highest BCUT2D eigenvalue weighted by molar-refractivity contribution is 6.06. The van der Waals surface area contributed by atoms with Gasteiger partial charge in [0.05, 0.1) is 11.9 Å². The third kappa shape index (κ3) is 3.98. The number of carbonyl (C=O) groups is 4. The molecule has 0 radical (unpaired) electrons. The predicted molar refractivity (Wildman–Crippen MR) is 133 cm³/mol. The normalized spacial score (nSPS) is 18.9. The Labute approximate surface area is 213 Å². The molecule has 0 saturated carbocycles. The van der Waals surface area contributed by atoms with E-state index in [0.717, 1.165) is 30.5 Å². The summed E-state index contributed by atoms with van der Waals surface area (Å²) in [5, 5.41) is 10.6. The van der Waals surface area contributed by atoms with E-state index in [-0.39, 0.29) is 36.4 Å². The first-order valence-corrected chi connectivity index (χ1v) is 12.5. The van der Waals surface area contributed by atoms with Gasteiger partial charge in [0.25, 0.3) is 11.8 Å². The Kier molecular flexibility index (Phi) is 5.58. The van der Waals surface area contributed by atoms with Crippen LogP contribution in [0.25, 0.3) is 5.69 Å². The lowest BCUT2D eigenvalue weighted by Gasteiger charge is -2.29. The summed E-state index contributed by atoms with van der Waals surface area (Å²) >= 11 is 0. The van der Waals surface area contributed by atoms with Gasteiger partial charge in [0, 0.05) is 31.3 Å². The van der Waals surface area contributed by atoms with Crippen molar-refractivity contribution in [3.05, 3.63) is 70.5 Å². The van der Waals surface area contributed by atoms with Crippen LogP contribution < -0.4 is 10.2 Å². The highest BCUT2D eigenvalue weighted by atomic mass is 16.2. The second kappa shape index (κ2) is 8.95. The average molecular weight is 499 g/mol. The van der Waals surface area contributed by atoms with Crippen molar-refractivity contribution in [3.8, 4) is 5.69 Å². The van der Waals surface area contributed by atoms with Gasteiger partial charge in [-0.05, 0) is 73.1 Å². The molecule has 3 heterocycles. The molecule has 0 bridgehead atoms. The molecular formula is C27H26N6O4. The van der Waals surface area contributed by atoms with E-state index >= 15 is 0 Å². The monoisotopic (exact) mass is 498 g/mol. The summed E-state index contributed by atoms with van der Waals surface area (Å²) in [7, 11) is 1.76. The number of imide groups is 1. The number of rotatable bonds is 4. The smallest absolute Gasteiger partial charge is 0.280 e. The first-order valence-electron chi connectivity index (χ1n) is 12.5. The van der Waals surface area contributed by atoms with Crippen LogP contribution >= 0.6 is 0 Å². The van der Waals surface area contributed by atoms with Crippen LogP contribution in [-0.2, 0) is 29.0 Å². The number of nitrogens with one attached hydrogen (secondary N) is 1. The quantitative estimate of drug-likeness (QED) is 0.551. The highest BCUT2D eigenvalue weighted by Gasteiger charge is 2.39. The molecule has 1 atom stereocenters. The summed E-state index contributed by atoms with van der Waals surface area (Å²) in [6, 6.07) is 10.7. The molecule has 10 heteroatoms. The number of hydrogen-bond acceptors (Lipinski definition) is 6. The van der Waals surface area contributed by atoms with Gasteiger partial charge in [-0.3, -0.25) is 24.5 Å². The molecule has 2 aromatic carbocycles. The van der Waals surface area contributed by atoms with E-state index in [0.29, 0.717) is 17.7 Å². The Morgan fingerprint density at radius 1 is 1.05 bits per heavy atom. The number of aryl methyl sites for hydroxylation is 1. The molecule has 6 rings (SSSR count). The molecule has 4 amide bonds. The first-order chi connectivity index (χ1) is 17.9. The molecule has 1 fully saturated rings. The second-order valence-electron chi connectivity index (χ2n) is 9.78. The third-order valence-electron chi connectivity index (χ3n) is 7.52. The van der Waals surface area contributed by atoms with Gasteiger partial charge in [-0.25, -0.2) is 4.68 Å². The lowest BCUT2D eigenvalue weighted by atomic mass is 9.90. The van der Waals surface area contributed by atoms with E-state index in [1.807, 2.05) is 18.2 Å². The lowest BCUT2D eigenvalue weighted by molar-refractivity contribution is -0.136. The maximum Gasteiger partial charge on any atom is 0.280 e. The average Bonchev–Trinajstić information content (AvgIpc) is 3.52. The Morgan fingerprint density at radius 2 is 1.89 bits per heavy atom. The molecule has 2 aliphatic heterocycles. The number of anilines is 1. The Balaban J connectivity index is 1.22. The molecule has 37 heavy (non-hydrogen) atoms. The van der Waals surface area contributed by atoms with Crippen LogP contribution in [0, 0.1) is 0 Å². The second-order valence-corrected chi connectivity index (χ2v) is 9.78. The minimum Gasteiger partial charge on any atom is -0.322 e. The van der Waals surface area contributed by atoms with Crippen LogP contribution in [0.5, 0.6) is 0 Å². The summed E-state index contributed by atoms with van der Waals surface area (Å²) in [6.45, 7) is 0.261. The van der Waals surface area contributed by atoms with Crippen LogP contribution in [0.4, 0.5) is 5.69 Å². The molecule has 1 N–H and O–H groups in total. The molecule has 1 aromatic heterocycles. The number of piperidine rings is 1. The number of nitrogens with zero attached hydrogens (tertiary/aromatic N) is 5. The third-order valence-corrected chi connectivity index (χ3v) is 7.52. The molecule has 1 unspecified atom stereocenters. The fourth-order valence-electron chi connectivity index (χ4n) is 5.55. The number of aromatic nitrogens is 3. The van der Waals surface area contributed by atoms with E-state index in [9.17, 15) is 19.2 Å². The summed E-state index contributed by atoms with van der Waals surface area (Å²) in [5.41, 5.74) is 5.57. The molecule has 3 aromatic rings. The molecule has 188 valence electrons. The Bertz CT molecular complexity index is 1460. The molecule has 10 nitrogen and oxygen atoms in total. The van der Waals surface area contributed by atoms with E-state index in [1.54, 1.807) is 30.3 Å². The van der Waals surface area contributed by atoms with Gasteiger partial charge in [0.1, 0.15) is 6.04 Å². The van der Waals surface area contributed by atoms with Gasteiger partial charge in [-0.2, -0.15) is 0 Å². The van der Waals surface area contributed by atoms with Crippen molar-refractivity contribution in [2.24, 2.45) is 0 Å². The highest BCUT2D eigenvalue weighted by Crippen LogP contribution is 2.31. The fourth-order valence-corrected chi connectivity index (χ4v) is 5.55. The van der Waals surface area contributed by atoms with Crippen LogP contribution in [0.15, 0.2) is 42.6 Å². The molecule has 1 saturated heterocycles. The van der Waals surface area contributed by atoms with Crippen molar-refractivity contribution >= 4 is 29.3 Å². The van der Waals surface area contributed by atoms with Crippen molar-refractivity contribution in [2.45, 2.75) is 51.1 Å². The fraction of sp³-hybridized carbons (Fsp3) is 0.333. The minimum atomic E-state index is -0.670. The van der Waals surface area contributed by atoms with Crippen LogP contribution in [0.1, 0.15) is 63.2 Å². The van der Waals surface area contributed by atoms with E-state index in [2.05, 4.69) is 21.7 Å². The number of hydrogen-bond donors (Lipinski definition) is 1. The standard InChI is InChI=1S/C27H26N6O4/c1-31(22-8-4-6-16-5-2-3-7-19(16)22)27(37)21-15-33(30-29-21)18-9-10-20-17(13-18)14-32(26(20)36)23-11-12-24(34)28-25(23)35/h4,6,8-10,13,15,23H,2-3,5,7,11-12,14H2,1H3,(H,28,34,35). The van der Waals surface area contributed by atoms with Crippen molar-refractivity contribution in [3.63, 3.8) is 0 Å². The van der Waals surface area contributed by atoms with E-state index < -0.39 is 11.9 Å². The van der Waals surface area contributed by atoms with Gasteiger partial charge in [0.2, 0.25) is 11.8 Å². The zero-order chi connectivity index (χ0) is 25.7. The number of carbonyl (C=O) groups excluding carboxylic acids is 4. The maximum atomic E-state index is 13.3. The zero-order valence-corrected chi connectivity index (χ0v) is 20.4. The van der Waals surface area contributed by atoms with Crippen molar-refractivity contribution in [1.29, 1.82) is 0 Å². The van der Waals surface area contributed by atoms with Crippen LogP contribution in [-0.4, -0.2) is 56.6 Å². The first kappa shape index (κ1) is 23.1. The summed E-state index contributed by atoms with van der Waals surface area (Å²) in [5.74, 6) is -1.24. The van der Waals surface area contributed by atoms with E-state index in [4.69, 9.17) is 0 Å². The Hall–Kier alpha value is -4.34. The number of fused-ring (bicyclic) bond motifs is 2. The van der Waals surface area contributed by atoms with Gasteiger partial charge < -0.3 is 9.80 Å². The maximum absolute atomic E-state index is 13.3. The SMILES string of the molecule is CN(C(=O)c1cn(-c2ccc3c(c2)CN(C2CCC(=O)NC2=O)C3=O)nn1)c1cccc2c1CCCC2. The number of amides is 4. The summed E-state index contributed by atoms with van der Waals surface area (Å²) in [4.78, 5) is 53.2. The minimum absolute atomic E-state index is 0.206. The zero-order valence-electron chi connectivity index (χ0n) is 20.4. The van der Waals surface area contributed by atoms with Crippen LogP contribution in [0.3, 0.4) is 0 Å². The van der Waals surface area contributed by atoms with Gasteiger partial charge in [0.15, 0.2) is 5.69 Å².